The van der Waals surface area contributed by atoms with Gasteiger partial charge in [-0.15, -0.1) is 13.2 Å². The maximum Gasteiger partial charge on any atom is 0.222 e. The van der Waals surface area contributed by atoms with Gasteiger partial charge in [-0.2, -0.15) is 0 Å². The second kappa shape index (κ2) is 7.09. The van der Waals surface area contributed by atoms with Crippen LogP contribution in [0.25, 0.3) is 0 Å². The Morgan fingerprint density at radius 1 is 1.46 bits per heavy atom. The number of rotatable bonds is 4. The Morgan fingerprint density at radius 2 is 2.12 bits per heavy atom. The number of hydrogen-bond acceptors (Lipinski definition) is 5. The molecule has 0 saturated carbocycles. The SMILES string of the molecule is C=C1N=C(NC(C)=O)C=CN1[C@@H]1C=C(CCP(=C)(C)C)[C@@H](O)[C@H]1O. The van der Waals surface area contributed by atoms with Gasteiger partial charge in [0.25, 0.3) is 0 Å². The normalized spacial score (nSPS) is 27.1. The lowest BCUT2D eigenvalue weighted by Gasteiger charge is -2.31. The molecule has 0 radical (unpaired) electrons. The molecule has 0 aromatic rings. The van der Waals surface area contributed by atoms with E-state index in [0.717, 1.165) is 18.2 Å². The molecular formula is C17H26N3O3P. The first-order chi connectivity index (χ1) is 11.1. The van der Waals surface area contributed by atoms with E-state index in [4.69, 9.17) is 0 Å². The number of nitrogens with zero attached hydrogens (tertiary/aromatic N) is 2. The number of carbonyl (C=O) groups is 1. The number of aliphatic hydroxyl groups excluding tert-OH is 2. The molecule has 0 saturated heterocycles. The molecule has 7 heteroatoms. The molecular weight excluding hydrogens is 325 g/mol. The van der Waals surface area contributed by atoms with Crippen LogP contribution in [0.15, 0.2) is 41.3 Å². The highest BCUT2D eigenvalue weighted by molar-refractivity contribution is 7.72. The zero-order valence-electron chi connectivity index (χ0n) is 14.4. The molecule has 0 aromatic carbocycles. The molecule has 0 spiro atoms. The maximum absolute atomic E-state index is 11.1. The highest BCUT2D eigenvalue weighted by Gasteiger charge is 2.38. The average Bonchev–Trinajstić information content (AvgIpc) is 2.72. The van der Waals surface area contributed by atoms with Crippen LogP contribution < -0.4 is 5.32 Å². The molecule has 132 valence electrons. The quantitative estimate of drug-likeness (QED) is 0.520. The smallest absolute Gasteiger partial charge is 0.222 e. The van der Waals surface area contributed by atoms with Gasteiger partial charge in [0.05, 0.1) is 6.04 Å². The van der Waals surface area contributed by atoms with Gasteiger partial charge in [-0.05, 0) is 37.6 Å². The standard InChI is InChI=1S/C17H26N3O3P/c1-11-18-15(19-12(2)21)6-8-20(11)14-10-13(16(22)17(14)23)7-9-24(3,4)5/h6,8,10,14,16-17,22-23H,1,3,7,9H2,2,4-5H3,(H,18,19,21)/t14-,16-,17+/m1/s1. The fourth-order valence-electron chi connectivity index (χ4n) is 2.72. The summed E-state index contributed by atoms with van der Waals surface area (Å²) in [5, 5.41) is 23.3. The van der Waals surface area contributed by atoms with Crippen molar-refractivity contribution in [3.05, 3.63) is 36.3 Å². The summed E-state index contributed by atoms with van der Waals surface area (Å²) in [6.07, 6.45) is 9.25. The van der Waals surface area contributed by atoms with Gasteiger partial charge in [-0.3, -0.25) is 4.79 Å². The molecule has 24 heavy (non-hydrogen) atoms. The van der Waals surface area contributed by atoms with Crippen molar-refractivity contribution in [2.45, 2.75) is 31.6 Å². The summed E-state index contributed by atoms with van der Waals surface area (Å²) in [7, 11) is 0. The second-order valence-electron chi connectivity index (χ2n) is 6.89. The molecule has 0 bridgehead atoms. The molecule has 3 atom stereocenters. The largest absolute Gasteiger partial charge is 0.388 e. The fourth-order valence-corrected chi connectivity index (χ4v) is 3.59. The minimum absolute atomic E-state index is 0.211. The Hall–Kier alpha value is -1.62. The van der Waals surface area contributed by atoms with Crippen LogP contribution in [0, 0.1) is 0 Å². The van der Waals surface area contributed by atoms with Gasteiger partial charge in [0.15, 0.2) is 0 Å². The van der Waals surface area contributed by atoms with E-state index in [1.165, 1.54) is 6.92 Å². The van der Waals surface area contributed by atoms with Crippen molar-refractivity contribution in [1.82, 2.24) is 10.2 Å². The summed E-state index contributed by atoms with van der Waals surface area (Å²) in [5.74, 6) is 0.599. The van der Waals surface area contributed by atoms with Crippen molar-refractivity contribution in [1.29, 1.82) is 0 Å². The predicted octanol–water partition coefficient (Wildman–Crippen LogP) is 0.951. The number of carbonyl (C=O) groups excluding carboxylic acids is 1. The van der Waals surface area contributed by atoms with Crippen LogP contribution >= 0.6 is 6.89 Å². The van der Waals surface area contributed by atoms with Gasteiger partial charge in [0.2, 0.25) is 5.91 Å². The molecule has 2 rings (SSSR count). The Bertz CT molecular complexity index is 675. The van der Waals surface area contributed by atoms with Crippen molar-refractivity contribution >= 4 is 24.9 Å². The Labute approximate surface area is 143 Å². The van der Waals surface area contributed by atoms with Crippen LogP contribution in [-0.4, -0.2) is 70.9 Å². The molecule has 1 aliphatic heterocycles. The Balaban J connectivity index is 2.12. The second-order valence-corrected chi connectivity index (χ2v) is 11.2. The van der Waals surface area contributed by atoms with E-state index in [0.29, 0.717) is 11.7 Å². The molecule has 1 aliphatic carbocycles. The zero-order valence-corrected chi connectivity index (χ0v) is 15.3. The molecule has 1 amide bonds. The van der Waals surface area contributed by atoms with Crippen LogP contribution in [0.5, 0.6) is 0 Å². The summed E-state index contributed by atoms with van der Waals surface area (Å²) in [4.78, 5) is 17.0. The van der Waals surface area contributed by atoms with Gasteiger partial charge in [0, 0.05) is 13.1 Å². The number of amides is 1. The third-order valence-electron chi connectivity index (χ3n) is 4.01. The molecule has 0 fully saturated rings. The van der Waals surface area contributed by atoms with E-state index >= 15 is 0 Å². The van der Waals surface area contributed by atoms with Gasteiger partial charge in [-0.25, -0.2) is 4.99 Å². The minimum Gasteiger partial charge on any atom is -0.388 e. The number of aliphatic imine (C=N–C) groups is 1. The van der Waals surface area contributed by atoms with Crippen molar-refractivity contribution in [2.75, 3.05) is 19.5 Å². The Morgan fingerprint density at radius 3 is 2.67 bits per heavy atom. The van der Waals surface area contributed by atoms with E-state index in [-0.39, 0.29) is 5.91 Å². The van der Waals surface area contributed by atoms with Gasteiger partial charge in [0.1, 0.15) is 23.9 Å². The van der Waals surface area contributed by atoms with Gasteiger partial charge in [-0.1, -0.05) is 12.7 Å². The van der Waals surface area contributed by atoms with Crippen LogP contribution in [-0.2, 0) is 4.79 Å². The lowest BCUT2D eigenvalue weighted by atomic mass is 10.1. The first-order valence-electron chi connectivity index (χ1n) is 7.84. The zero-order chi connectivity index (χ0) is 18.1. The monoisotopic (exact) mass is 351 g/mol. The number of nitrogens with one attached hydrogen (secondary N) is 1. The minimum atomic E-state index is -1.19. The van der Waals surface area contributed by atoms with Gasteiger partial charge >= 0.3 is 0 Å². The van der Waals surface area contributed by atoms with Crippen molar-refractivity contribution in [3.63, 3.8) is 0 Å². The van der Waals surface area contributed by atoms with Crippen molar-refractivity contribution in [3.8, 4) is 0 Å². The summed E-state index contributed by atoms with van der Waals surface area (Å²) in [6.45, 7) is 8.39. The summed E-state index contributed by atoms with van der Waals surface area (Å²) in [6, 6.07) is -0.423. The summed E-state index contributed by atoms with van der Waals surface area (Å²) >= 11 is 0. The number of hydrogen-bond donors (Lipinski definition) is 3. The van der Waals surface area contributed by atoms with E-state index < -0.39 is 25.1 Å². The van der Waals surface area contributed by atoms with Crippen LogP contribution in [0.4, 0.5) is 0 Å². The highest BCUT2D eigenvalue weighted by atomic mass is 31.2. The topological polar surface area (TPSA) is 85.2 Å². The molecule has 6 nitrogen and oxygen atoms in total. The first-order valence-corrected chi connectivity index (χ1v) is 10.9. The van der Waals surface area contributed by atoms with E-state index in [1.807, 2.05) is 6.08 Å². The van der Waals surface area contributed by atoms with E-state index in [9.17, 15) is 15.0 Å². The maximum atomic E-state index is 11.1. The van der Waals surface area contributed by atoms with Crippen molar-refractivity contribution in [2.24, 2.45) is 4.99 Å². The molecule has 0 aromatic heterocycles. The fraction of sp³-hybridized carbons (Fsp3) is 0.471. The van der Waals surface area contributed by atoms with Crippen LogP contribution in [0.2, 0.25) is 0 Å². The van der Waals surface area contributed by atoms with Crippen LogP contribution in [0.1, 0.15) is 13.3 Å². The van der Waals surface area contributed by atoms with Crippen molar-refractivity contribution < 1.29 is 15.0 Å². The van der Waals surface area contributed by atoms with Crippen LogP contribution in [0.3, 0.4) is 0 Å². The lowest BCUT2D eigenvalue weighted by molar-refractivity contribution is -0.117. The summed E-state index contributed by atoms with van der Waals surface area (Å²) < 4.78 is 0. The molecule has 0 unspecified atom stereocenters. The lowest BCUT2D eigenvalue weighted by Crippen LogP contribution is -2.42. The predicted molar refractivity (Wildman–Crippen MR) is 101 cm³/mol. The third kappa shape index (κ3) is 4.47. The summed E-state index contributed by atoms with van der Waals surface area (Å²) in [5.41, 5.74) is 0.835. The third-order valence-corrected chi connectivity index (χ3v) is 5.44. The van der Waals surface area contributed by atoms with E-state index in [1.54, 1.807) is 17.2 Å². The highest BCUT2D eigenvalue weighted by Crippen LogP contribution is 2.39. The molecule has 2 aliphatic rings. The molecule has 1 heterocycles. The number of amidine groups is 1. The Kier molecular flexibility index (Phi) is 5.53. The first kappa shape index (κ1) is 18.7. The van der Waals surface area contributed by atoms with E-state index in [2.05, 4.69) is 36.5 Å². The molecule has 3 N–H and O–H groups in total. The number of aliphatic hydroxyl groups is 2. The van der Waals surface area contributed by atoms with Gasteiger partial charge < -0.3 is 20.4 Å². The average molecular weight is 351 g/mol.